The molecule has 0 N–H and O–H groups in total. The Balaban J connectivity index is 1.02. The Bertz CT molecular complexity index is 3470. The highest BCUT2D eigenvalue weighted by Gasteiger charge is 2.49. The molecule has 3 heteroatoms. The van der Waals surface area contributed by atoms with E-state index in [1.165, 1.54) is 109 Å². The second-order valence-electron chi connectivity index (χ2n) is 16.8. The number of para-hydroxylation sites is 4. The fourth-order valence-corrected chi connectivity index (χ4v) is 16.1. The Hall–Kier alpha value is -7.98. The van der Waals surface area contributed by atoms with Crippen LogP contribution in [-0.2, 0) is 0 Å². The van der Waals surface area contributed by atoms with Crippen molar-refractivity contribution >= 4 is 72.4 Å². The molecular weight excluding hydrogens is 777 g/mol. The largest absolute Gasteiger partial charge is 0.309 e. The van der Waals surface area contributed by atoms with E-state index in [2.05, 4.69) is 252 Å². The van der Waals surface area contributed by atoms with Crippen molar-refractivity contribution in [3.63, 3.8) is 0 Å². The van der Waals surface area contributed by atoms with Crippen molar-refractivity contribution in [2.45, 2.75) is 0 Å². The van der Waals surface area contributed by atoms with Crippen LogP contribution >= 0.6 is 0 Å². The smallest absolute Gasteiger partial charge is 0.180 e. The van der Waals surface area contributed by atoms with Gasteiger partial charge in [-0.15, -0.1) is 0 Å². The summed E-state index contributed by atoms with van der Waals surface area (Å²) in [6, 6.07) is 90.5. The Kier molecular flexibility index (Phi) is 7.96. The van der Waals surface area contributed by atoms with Gasteiger partial charge in [0.2, 0.25) is 0 Å². The number of hydrogen-bond donors (Lipinski definition) is 0. The molecule has 0 radical (unpaired) electrons. The van der Waals surface area contributed by atoms with Crippen LogP contribution in [0.4, 0.5) is 0 Å². The lowest BCUT2D eigenvalue weighted by Gasteiger charge is -2.32. The van der Waals surface area contributed by atoms with Gasteiger partial charge in [-0.1, -0.05) is 182 Å². The van der Waals surface area contributed by atoms with E-state index in [0.717, 1.165) is 0 Å². The molecule has 0 amide bonds. The van der Waals surface area contributed by atoms with Crippen LogP contribution < -0.4 is 20.7 Å². The Morgan fingerprint density at radius 3 is 1.02 bits per heavy atom. The Morgan fingerprint density at radius 1 is 0.254 bits per heavy atom. The number of rotatable bonds is 6. The van der Waals surface area contributed by atoms with Crippen LogP contribution in [0.5, 0.6) is 0 Å². The van der Waals surface area contributed by atoms with Crippen molar-refractivity contribution in [1.82, 2.24) is 9.13 Å². The summed E-state index contributed by atoms with van der Waals surface area (Å²) in [7, 11) is -2.84. The molecule has 0 unspecified atom stereocenters. The molecule has 1 aliphatic rings. The van der Waals surface area contributed by atoms with Crippen LogP contribution in [-0.4, -0.2) is 17.2 Å². The third kappa shape index (κ3) is 5.30. The molecular formula is C60H40N2Si. The second kappa shape index (κ2) is 14.0. The van der Waals surface area contributed by atoms with E-state index in [1.54, 1.807) is 0 Å². The van der Waals surface area contributed by atoms with Gasteiger partial charge < -0.3 is 9.13 Å². The summed E-state index contributed by atoms with van der Waals surface area (Å²) < 4.78 is 4.79. The van der Waals surface area contributed by atoms with Crippen molar-refractivity contribution in [1.29, 1.82) is 0 Å². The average molecular weight is 817 g/mol. The first-order valence-electron chi connectivity index (χ1n) is 21.8. The van der Waals surface area contributed by atoms with Gasteiger partial charge in [0.1, 0.15) is 0 Å². The Labute approximate surface area is 367 Å². The minimum absolute atomic E-state index is 1.17. The molecule has 1 aliphatic heterocycles. The van der Waals surface area contributed by atoms with Crippen LogP contribution in [0.3, 0.4) is 0 Å². The van der Waals surface area contributed by atoms with E-state index in [1.807, 2.05) is 0 Å². The predicted octanol–water partition coefficient (Wildman–Crippen LogP) is 12.6. The quantitative estimate of drug-likeness (QED) is 0.148. The lowest BCUT2D eigenvalue weighted by Crippen LogP contribution is -2.72. The van der Waals surface area contributed by atoms with E-state index in [0.29, 0.717) is 0 Å². The van der Waals surface area contributed by atoms with Crippen molar-refractivity contribution in [3.05, 3.63) is 243 Å². The summed E-state index contributed by atoms with van der Waals surface area (Å²) in [4.78, 5) is 0. The van der Waals surface area contributed by atoms with Gasteiger partial charge in [0, 0.05) is 32.9 Å². The van der Waals surface area contributed by atoms with Crippen molar-refractivity contribution < 1.29 is 0 Å². The molecule has 0 atom stereocenters. The molecule has 63 heavy (non-hydrogen) atoms. The standard InChI is InChI=1S/C60H40N2Si/c1-5-17-45(18-6-1)61-55-27-15-13-25-49(55)53-37-41(31-35-57(53)61)43-29-33-51-52-34-30-44(40-60(52)63(59(51)39-43,47-21-9-3-10-22-47)48-23-11-4-12-24-48)42-32-36-58-54(38-42)50-26-14-16-28-56(50)62(58)46-19-7-2-8-20-46/h1-40H. The summed E-state index contributed by atoms with van der Waals surface area (Å²) in [5.74, 6) is 0. The van der Waals surface area contributed by atoms with Crippen LogP contribution in [0.1, 0.15) is 0 Å². The van der Waals surface area contributed by atoms with Crippen LogP contribution in [0.25, 0.3) is 88.4 Å². The normalized spacial score (nSPS) is 12.9. The molecule has 0 bridgehead atoms. The van der Waals surface area contributed by atoms with Crippen LogP contribution in [0.15, 0.2) is 243 Å². The maximum absolute atomic E-state index is 2.84. The number of aromatic nitrogens is 2. The molecule has 13 rings (SSSR count). The van der Waals surface area contributed by atoms with Gasteiger partial charge in [-0.25, -0.2) is 0 Å². The van der Waals surface area contributed by atoms with E-state index >= 15 is 0 Å². The van der Waals surface area contributed by atoms with Gasteiger partial charge in [-0.3, -0.25) is 0 Å². The molecule has 0 spiro atoms. The maximum atomic E-state index is 2.54. The zero-order valence-electron chi connectivity index (χ0n) is 34.5. The summed E-state index contributed by atoms with van der Waals surface area (Å²) in [6.45, 7) is 0. The first kappa shape index (κ1) is 35.7. The average Bonchev–Trinajstić information content (AvgIpc) is 3.98. The minimum atomic E-state index is -2.84. The molecule has 3 heterocycles. The molecule has 0 fully saturated rings. The zero-order chi connectivity index (χ0) is 41.5. The van der Waals surface area contributed by atoms with E-state index in [9.17, 15) is 0 Å². The fourth-order valence-electron chi connectivity index (χ4n) is 10.9. The van der Waals surface area contributed by atoms with Crippen LogP contribution in [0.2, 0.25) is 0 Å². The molecule has 0 saturated heterocycles. The third-order valence-corrected chi connectivity index (χ3v) is 18.4. The highest BCUT2D eigenvalue weighted by atomic mass is 28.3. The number of nitrogens with zero attached hydrogens (tertiary/aromatic N) is 2. The predicted molar refractivity (Wildman–Crippen MR) is 269 cm³/mol. The highest BCUT2D eigenvalue weighted by molar-refractivity contribution is 7.22. The van der Waals surface area contributed by atoms with Gasteiger partial charge in [-0.05, 0) is 115 Å². The van der Waals surface area contributed by atoms with E-state index in [4.69, 9.17) is 0 Å². The molecule has 2 aromatic heterocycles. The maximum Gasteiger partial charge on any atom is 0.180 e. The van der Waals surface area contributed by atoms with Gasteiger partial charge in [-0.2, -0.15) is 0 Å². The highest BCUT2D eigenvalue weighted by Crippen LogP contribution is 2.39. The summed E-state index contributed by atoms with van der Waals surface area (Å²) in [5.41, 5.74) is 14.8. The number of benzene rings is 10. The number of fused-ring (bicyclic) bond motifs is 9. The molecule has 2 nitrogen and oxygen atoms in total. The first-order valence-corrected chi connectivity index (χ1v) is 23.8. The lowest BCUT2D eigenvalue weighted by atomic mass is 9.97. The van der Waals surface area contributed by atoms with Gasteiger partial charge in [0.15, 0.2) is 8.07 Å². The first-order chi connectivity index (χ1) is 31.3. The van der Waals surface area contributed by atoms with Gasteiger partial charge in [0.25, 0.3) is 0 Å². The monoisotopic (exact) mass is 816 g/mol. The third-order valence-electron chi connectivity index (χ3n) is 13.6. The molecule has 294 valence electrons. The van der Waals surface area contributed by atoms with Gasteiger partial charge >= 0.3 is 0 Å². The topological polar surface area (TPSA) is 9.86 Å². The fraction of sp³-hybridized carbons (Fsp3) is 0. The number of hydrogen-bond acceptors (Lipinski definition) is 0. The van der Waals surface area contributed by atoms with Crippen molar-refractivity contribution in [2.24, 2.45) is 0 Å². The van der Waals surface area contributed by atoms with Crippen LogP contribution in [0, 0.1) is 0 Å². The van der Waals surface area contributed by atoms with Gasteiger partial charge in [0.05, 0.1) is 22.1 Å². The van der Waals surface area contributed by atoms with E-state index in [-0.39, 0.29) is 0 Å². The second-order valence-corrected chi connectivity index (χ2v) is 20.6. The SMILES string of the molecule is c1ccc(-n2c3ccccc3c3cc(-c4ccc5c(c4)[Si](c4ccccc4)(c4ccccc4)c4cc(-c6ccc7c(c6)c6ccccc6n7-c6ccccc6)ccc4-5)ccc32)cc1. The summed E-state index contributed by atoms with van der Waals surface area (Å²) in [5, 5.41) is 10.7. The lowest BCUT2D eigenvalue weighted by molar-refractivity contribution is 1.18. The molecule has 12 aromatic rings. The van der Waals surface area contributed by atoms with Crippen molar-refractivity contribution in [3.8, 4) is 44.8 Å². The summed E-state index contributed by atoms with van der Waals surface area (Å²) >= 11 is 0. The molecule has 10 aromatic carbocycles. The zero-order valence-corrected chi connectivity index (χ0v) is 35.5. The Morgan fingerprint density at radius 2 is 0.587 bits per heavy atom. The molecule has 0 saturated carbocycles. The van der Waals surface area contributed by atoms with Crippen molar-refractivity contribution in [2.75, 3.05) is 0 Å². The van der Waals surface area contributed by atoms with E-state index < -0.39 is 8.07 Å². The minimum Gasteiger partial charge on any atom is -0.309 e. The molecule has 0 aliphatic carbocycles. The summed E-state index contributed by atoms with van der Waals surface area (Å²) in [6.07, 6.45) is 0.